The molecule has 0 fully saturated rings. The Bertz CT molecular complexity index is 754. The lowest BCUT2D eigenvalue weighted by Gasteiger charge is -2.31. The number of fused-ring (bicyclic) bond motifs is 1. The molecule has 24 heavy (non-hydrogen) atoms. The van der Waals surface area contributed by atoms with E-state index >= 15 is 0 Å². The molecular weight excluding hydrogens is 306 g/mol. The minimum Gasteiger partial charge on any atom is -0.482 e. The second-order valence-electron chi connectivity index (χ2n) is 6.12. The second-order valence-corrected chi connectivity index (χ2v) is 6.12. The van der Waals surface area contributed by atoms with E-state index in [2.05, 4.69) is 10.4 Å². The van der Waals surface area contributed by atoms with Crippen LogP contribution in [0.4, 0.5) is 0 Å². The van der Waals surface area contributed by atoms with Gasteiger partial charge in [0.05, 0.1) is 5.69 Å². The summed E-state index contributed by atoms with van der Waals surface area (Å²) in [5.41, 5.74) is 3.31. The number of carbonyl (C=O) groups excluding carboxylic acids is 1. The maximum atomic E-state index is 12.4. The predicted octanol–water partition coefficient (Wildman–Crippen LogP) is 1.92. The number of aryl methyl sites for hydroxylation is 2. The van der Waals surface area contributed by atoms with E-state index in [1.807, 2.05) is 56.8 Å². The van der Waals surface area contributed by atoms with Crippen molar-refractivity contribution in [2.75, 3.05) is 6.54 Å². The lowest BCUT2D eigenvalue weighted by molar-refractivity contribution is -0.133. The zero-order valence-electron chi connectivity index (χ0n) is 14.5. The number of hydrogen-bond donors (Lipinski definition) is 1. The summed E-state index contributed by atoms with van der Waals surface area (Å²) in [5, 5.41) is 7.34. The molecule has 0 unspecified atom stereocenters. The van der Waals surface area contributed by atoms with Gasteiger partial charge in [0, 0.05) is 19.3 Å². The van der Waals surface area contributed by atoms with Crippen molar-refractivity contribution in [2.45, 2.75) is 39.4 Å². The molecule has 0 bridgehead atoms. The van der Waals surface area contributed by atoms with Gasteiger partial charge in [-0.3, -0.25) is 9.48 Å². The van der Waals surface area contributed by atoms with Crippen LogP contribution in [0.25, 0.3) is 0 Å². The fourth-order valence-corrected chi connectivity index (χ4v) is 3.00. The molecule has 6 heteroatoms. The summed E-state index contributed by atoms with van der Waals surface area (Å²) < 4.78 is 13.4. The van der Waals surface area contributed by atoms with E-state index < -0.39 is 6.10 Å². The van der Waals surface area contributed by atoms with Crippen LogP contribution in [0.3, 0.4) is 0 Å². The third-order valence-electron chi connectivity index (χ3n) is 4.43. The average Bonchev–Trinajstić information content (AvgIpc) is 2.80. The van der Waals surface area contributed by atoms with Gasteiger partial charge in [0.25, 0.3) is 5.91 Å². The van der Waals surface area contributed by atoms with Gasteiger partial charge in [0.1, 0.15) is 6.10 Å². The average molecular weight is 329 g/mol. The van der Waals surface area contributed by atoms with E-state index in [9.17, 15) is 4.79 Å². The Labute approximate surface area is 141 Å². The quantitative estimate of drug-likeness (QED) is 0.931. The molecule has 0 saturated carbocycles. The largest absolute Gasteiger partial charge is 0.482 e. The molecule has 1 amide bonds. The number of ether oxygens (including phenoxy) is 2. The highest BCUT2D eigenvalue weighted by atomic mass is 16.6. The molecule has 0 radical (unpaired) electrons. The Morgan fingerprint density at radius 2 is 1.92 bits per heavy atom. The maximum absolute atomic E-state index is 12.4. The fourth-order valence-electron chi connectivity index (χ4n) is 3.00. The van der Waals surface area contributed by atoms with Crippen molar-refractivity contribution in [1.82, 2.24) is 15.1 Å². The highest BCUT2D eigenvalue weighted by Gasteiger charge is 2.33. The molecule has 0 aliphatic carbocycles. The molecule has 1 aliphatic heterocycles. The summed E-state index contributed by atoms with van der Waals surface area (Å²) >= 11 is 0. The number of hydrogen-bond acceptors (Lipinski definition) is 4. The van der Waals surface area contributed by atoms with Gasteiger partial charge in [0.15, 0.2) is 11.5 Å². The predicted molar refractivity (Wildman–Crippen MR) is 90.3 cm³/mol. The first kappa shape index (κ1) is 16.4. The van der Waals surface area contributed by atoms with Gasteiger partial charge >= 0.3 is 0 Å². The molecule has 0 saturated heterocycles. The van der Waals surface area contributed by atoms with Gasteiger partial charge in [-0.25, -0.2) is 0 Å². The van der Waals surface area contributed by atoms with E-state index in [0.717, 1.165) is 17.8 Å². The molecule has 1 aromatic heterocycles. The SMILES string of the molecule is Cc1nn(C)c(C)c1CCNC(=O)[C@@H]1Oc2ccccc2O[C@@H]1C. The van der Waals surface area contributed by atoms with Gasteiger partial charge in [0.2, 0.25) is 6.10 Å². The molecule has 6 nitrogen and oxygen atoms in total. The third kappa shape index (κ3) is 3.09. The van der Waals surface area contributed by atoms with Crippen LogP contribution in [0.5, 0.6) is 11.5 Å². The normalized spacial score (nSPS) is 19.2. The van der Waals surface area contributed by atoms with Crippen molar-refractivity contribution >= 4 is 5.91 Å². The molecule has 1 aromatic carbocycles. The van der Waals surface area contributed by atoms with Crippen LogP contribution in [-0.4, -0.2) is 34.4 Å². The summed E-state index contributed by atoms with van der Waals surface area (Å²) in [4.78, 5) is 12.4. The monoisotopic (exact) mass is 329 g/mol. The molecule has 2 heterocycles. The Hall–Kier alpha value is -2.50. The van der Waals surface area contributed by atoms with Crippen molar-refractivity contribution < 1.29 is 14.3 Å². The smallest absolute Gasteiger partial charge is 0.265 e. The van der Waals surface area contributed by atoms with Gasteiger partial charge in [-0.05, 0) is 44.9 Å². The van der Waals surface area contributed by atoms with Crippen LogP contribution >= 0.6 is 0 Å². The molecule has 1 aliphatic rings. The molecule has 3 rings (SSSR count). The van der Waals surface area contributed by atoms with Crippen molar-refractivity contribution in [3.63, 3.8) is 0 Å². The van der Waals surface area contributed by atoms with Gasteiger partial charge in [-0.1, -0.05) is 12.1 Å². The van der Waals surface area contributed by atoms with E-state index in [1.165, 1.54) is 5.56 Å². The topological polar surface area (TPSA) is 65.4 Å². The number of para-hydroxylation sites is 2. The van der Waals surface area contributed by atoms with Crippen LogP contribution < -0.4 is 14.8 Å². The number of nitrogens with one attached hydrogen (secondary N) is 1. The zero-order valence-corrected chi connectivity index (χ0v) is 14.5. The Balaban J connectivity index is 1.59. The summed E-state index contributed by atoms with van der Waals surface area (Å²) in [6.45, 7) is 6.41. The number of aromatic nitrogens is 2. The number of nitrogens with zero attached hydrogens (tertiary/aromatic N) is 2. The minimum absolute atomic E-state index is 0.156. The van der Waals surface area contributed by atoms with Crippen molar-refractivity contribution in [3.8, 4) is 11.5 Å². The van der Waals surface area contributed by atoms with Crippen molar-refractivity contribution in [2.24, 2.45) is 7.05 Å². The van der Waals surface area contributed by atoms with Gasteiger partial charge in [-0.2, -0.15) is 5.10 Å². The number of rotatable bonds is 4. The zero-order chi connectivity index (χ0) is 17.3. The maximum Gasteiger partial charge on any atom is 0.265 e. The molecule has 2 aromatic rings. The number of carbonyl (C=O) groups is 1. The first-order valence-electron chi connectivity index (χ1n) is 8.16. The lowest BCUT2D eigenvalue weighted by Crippen LogP contribution is -2.49. The highest BCUT2D eigenvalue weighted by Crippen LogP contribution is 2.33. The first-order chi connectivity index (χ1) is 11.5. The molecule has 128 valence electrons. The summed E-state index contributed by atoms with van der Waals surface area (Å²) in [6, 6.07) is 7.40. The molecular formula is C18H23N3O3. The number of amides is 1. The highest BCUT2D eigenvalue weighted by molar-refractivity contribution is 5.82. The van der Waals surface area contributed by atoms with Crippen LogP contribution in [-0.2, 0) is 18.3 Å². The summed E-state index contributed by atoms with van der Waals surface area (Å²) in [5.74, 6) is 1.13. The molecule has 0 spiro atoms. The molecule has 1 N–H and O–H groups in total. The van der Waals surface area contributed by atoms with Crippen LogP contribution in [0.15, 0.2) is 24.3 Å². The third-order valence-corrected chi connectivity index (χ3v) is 4.43. The van der Waals surface area contributed by atoms with E-state index in [4.69, 9.17) is 9.47 Å². The molecule has 2 atom stereocenters. The lowest BCUT2D eigenvalue weighted by atomic mass is 10.1. The van der Waals surface area contributed by atoms with Crippen molar-refractivity contribution in [1.29, 1.82) is 0 Å². The Morgan fingerprint density at radius 1 is 1.25 bits per heavy atom. The Kier molecular flexibility index (Phi) is 4.46. The van der Waals surface area contributed by atoms with Crippen LogP contribution in [0.1, 0.15) is 23.9 Å². The summed E-state index contributed by atoms with van der Waals surface area (Å²) in [7, 11) is 1.93. The second kappa shape index (κ2) is 6.55. The van der Waals surface area contributed by atoms with Crippen LogP contribution in [0.2, 0.25) is 0 Å². The van der Waals surface area contributed by atoms with Crippen molar-refractivity contribution in [3.05, 3.63) is 41.2 Å². The van der Waals surface area contributed by atoms with Gasteiger partial charge < -0.3 is 14.8 Å². The van der Waals surface area contributed by atoms with Crippen LogP contribution in [0, 0.1) is 13.8 Å². The van der Waals surface area contributed by atoms with Gasteiger partial charge in [-0.15, -0.1) is 0 Å². The van der Waals surface area contributed by atoms with E-state index in [1.54, 1.807) is 0 Å². The summed E-state index contributed by atoms with van der Waals surface area (Å²) in [6.07, 6.45) is -0.228. The number of benzene rings is 1. The van der Waals surface area contributed by atoms with E-state index in [0.29, 0.717) is 18.0 Å². The standard InChI is InChI=1S/C18H23N3O3/c1-11-14(12(2)21(4)20-11)9-10-19-18(22)17-13(3)23-15-7-5-6-8-16(15)24-17/h5-8,13,17H,9-10H2,1-4H3,(H,19,22)/t13-,17-/m1/s1. The Morgan fingerprint density at radius 3 is 2.54 bits per heavy atom. The fraction of sp³-hybridized carbons (Fsp3) is 0.444. The minimum atomic E-state index is -0.643. The first-order valence-corrected chi connectivity index (χ1v) is 8.16. The van der Waals surface area contributed by atoms with E-state index in [-0.39, 0.29) is 12.0 Å².